The first-order valence-corrected chi connectivity index (χ1v) is 6.97. The number of carbonyl (C=O) groups excluding carboxylic acids is 1. The monoisotopic (exact) mass is 285 g/mol. The largest absolute Gasteiger partial charge is 0.426 e. The van der Waals surface area contributed by atoms with E-state index in [2.05, 4.69) is 18.8 Å². The molecule has 0 radical (unpaired) electrons. The quantitative estimate of drug-likeness (QED) is 0.878. The molecule has 0 amide bonds. The summed E-state index contributed by atoms with van der Waals surface area (Å²) >= 11 is 0. The topological polar surface area (TPSA) is 59.2 Å². The third-order valence-electron chi connectivity index (χ3n) is 3.00. The average Bonchev–Trinajstić information content (AvgIpc) is 2.37. The van der Waals surface area contributed by atoms with Crippen molar-refractivity contribution in [2.24, 2.45) is 5.92 Å². The van der Waals surface area contributed by atoms with Gasteiger partial charge in [-0.05, 0) is 17.9 Å². The molecule has 4 heteroatoms. The van der Waals surface area contributed by atoms with Crippen molar-refractivity contribution in [3.05, 3.63) is 52.4 Å². The van der Waals surface area contributed by atoms with E-state index in [1.54, 1.807) is 6.07 Å². The Kier molecular flexibility index (Phi) is 4.58. The Morgan fingerprint density at radius 1 is 1.24 bits per heavy atom. The van der Waals surface area contributed by atoms with Gasteiger partial charge in [0.1, 0.15) is 5.75 Å². The molecule has 0 unspecified atom stereocenters. The molecule has 0 bridgehead atoms. The van der Waals surface area contributed by atoms with Gasteiger partial charge in [0.15, 0.2) is 0 Å². The summed E-state index contributed by atoms with van der Waals surface area (Å²) in [5.41, 5.74) is 1.64. The van der Waals surface area contributed by atoms with Crippen LogP contribution < -0.4 is 10.3 Å². The summed E-state index contributed by atoms with van der Waals surface area (Å²) in [5.74, 6) is 0.273. The van der Waals surface area contributed by atoms with Crippen LogP contribution in [0.3, 0.4) is 0 Å². The number of ether oxygens (including phenoxy) is 1. The van der Waals surface area contributed by atoms with Gasteiger partial charge >= 0.3 is 5.97 Å². The molecule has 0 saturated carbocycles. The van der Waals surface area contributed by atoms with Crippen LogP contribution >= 0.6 is 0 Å². The Bertz CT molecular complexity index is 687. The number of pyridine rings is 1. The number of rotatable bonds is 4. The standard InChI is InChI=1S/C17H19NO3/c1-11(2)9-14-10-15(21-12(3)19)16(17(20)18-14)13-7-5-4-6-8-13/h4-8,10-11H,9H2,1-3H3,(H,18,20). The van der Waals surface area contributed by atoms with Crippen molar-refractivity contribution in [2.75, 3.05) is 0 Å². The highest BCUT2D eigenvalue weighted by atomic mass is 16.5. The minimum atomic E-state index is -0.437. The molecular weight excluding hydrogens is 266 g/mol. The molecule has 1 heterocycles. The Morgan fingerprint density at radius 3 is 2.48 bits per heavy atom. The van der Waals surface area contributed by atoms with Crippen LogP contribution in [0.4, 0.5) is 0 Å². The van der Waals surface area contributed by atoms with Crippen LogP contribution in [-0.4, -0.2) is 11.0 Å². The van der Waals surface area contributed by atoms with Gasteiger partial charge in [-0.2, -0.15) is 0 Å². The minimum Gasteiger partial charge on any atom is -0.426 e. The van der Waals surface area contributed by atoms with E-state index in [1.165, 1.54) is 6.92 Å². The number of aromatic amines is 1. The zero-order chi connectivity index (χ0) is 15.4. The van der Waals surface area contributed by atoms with Crippen LogP contribution in [0.1, 0.15) is 26.5 Å². The Labute approximate surface area is 123 Å². The highest BCUT2D eigenvalue weighted by Gasteiger charge is 2.15. The second-order valence-corrected chi connectivity index (χ2v) is 5.42. The molecule has 21 heavy (non-hydrogen) atoms. The maximum atomic E-state index is 12.4. The molecule has 0 aliphatic carbocycles. The van der Waals surface area contributed by atoms with Gasteiger partial charge in [0, 0.05) is 18.7 Å². The van der Waals surface area contributed by atoms with Crippen LogP contribution in [0.25, 0.3) is 11.1 Å². The van der Waals surface area contributed by atoms with E-state index < -0.39 is 5.97 Å². The molecule has 1 N–H and O–H groups in total. The van der Waals surface area contributed by atoms with Crippen LogP contribution in [-0.2, 0) is 11.2 Å². The summed E-state index contributed by atoms with van der Waals surface area (Å²) < 4.78 is 5.24. The average molecular weight is 285 g/mol. The Morgan fingerprint density at radius 2 is 1.90 bits per heavy atom. The molecular formula is C17H19NO3. The number of nitrogens with one attached hydrogen (secondary N) is 1. The van der Waals surface area contributed by atoms with Crippen LogP contribution in [0.5, 0.6) is 5.75 Å². The number of H-pyrrole nitrogens is 1. The van der Waals surface area contributed by atoms with Crippen molar-refractivity contribution >= 4 is 5.97 Å². The van der Waals surface area contributed by atoms with E-state index in [0.29, 0.717) is 17.2 Å². The molecule has 1 aromatic heterocycles. The van der Waals surface area contributed by atoms with Crippen LogP contribution in [0, 0.1) is 5.92 Å². The maximum absolute atomic E-state index is 12.4. The van der Waals surface area contributed by atoms with E-state index in [1.807, 2.05) is 30.3 Å². The zero-order valence-electron chi connectivity index (χ0n) is 12.5. The number of esters is 1. The van der Waals surface area contributed by atoms with E-state index >= 15 is 0 Å². The van der Waals surface area contributed by atoms with Gasteiger partial charge in [0.25, 0.3) is 5.56 Å². The van der Waals surface area contributed by atoms with Crippen molar-refractivity contribution in [1.82, 2.24) is 4.98 Å². The van der Waals surface area contributed by atoms with E-state index in [-0.39, 0.29) is 5.56 Å². The van der Waals surface area contributed by atoms with Crippen LogP contribution in [0.2, 0.25) is 0 Å². The normalized spacial score (nSPS) is 10.7. The molecule has 0 aliphatic heterocycles. The number of benzene rings is 1. The molecule has 1 aromatic carbocycles. The first kappa shape index (κ1) is 15.0. The van der Waals surface area contributed by atoms with E-state index in [4.69, 9.17) is 4.74 Å². The maximum Gasteiger partial charge on any atom is 0.308 e. The summed E-state index contributed by atoms with van der Waals surface area (Å²) in [7, 11) is 0. The van der Waals surface area contributed by atoms with Crippen molar-refractivity contribution in [1.29, 1.82) is 0 Å². The zero-order valence-corrected chi connectivity index (χ0v) is 12.5. The fourth-order valence-electron chi connectivity index (χ4n) is 2.25. The number of hydrogen-bond acceptors (Lipinski definition) is 3. The Balaban J connectivity index is 2.58. The van der Waals surface area contributed by atoms with Gasteiger partial charge < -0.3 is 9.72 Å². The number of aromatic nitrogens is 1. The lowest BCUT2D eigenvalue weighted by molar-refractivity contribution is -0.131. The fourth-order valence-corrected chi connectivity index (χ4v) is 2.25. The molecule has 4 nitrogen and oxygen atoms in total. The third kappa shape index (κ3) is 3.81. The van der Waals surface area contributed by atoms with Gasteiger partial charge in [-0.1, -0.05) is 44.2 Å². The van der Waals surface area contributed by atoms with Gasteiger partial charge in [-0.15, -0.1) is 0 Å². The van der Waals surface area contributed by atoms with Gasteiger partial charge in [-0.3, -0.25) is 9.59 Å². The lowest BCUT2D eigenvalue weighted by Crippen LogP contribution is -2.16. The van der Waals surface area contributed by atoms with E-state index in [0.717, 1.165) is 17.7 Å². The summed E-state index contributed by atoms with van der Waals surface area (Å²) in [6, 6.07) is 10.9. The van der Waals surface area contributed by atoms with Crippen LogP contribution in [0.15, 0.2) is 41.2 Å². The molecule has 0 aliphatic rings. The second-order valence-electron chi connectivity index (χ2n) is 5.42. The third-order valence-corrected chi connectivity index (χ3v) is 3.00. The van der Waals surface area contributed by atoms with Gasteiger partial charge in [0.05, 0.1) is 5.56 Å². The summed E-state index contributed by atoms with van der Waals surface area (Å²) in [5, 5.41) is 0. The molecule has 0 saturated heterocycles. The smallest absolute Gasteiger partial charge is 0.308 e. The summed E-state index contributed by atoms with van der Waals surface area (Å²) in [6.07, 6.45) is 0.721. The first-order chi connectivity index (χ1) is 9.97. The highest BCUT2D eigenvalue weighted by Crippen LogP contribution is 2.27. The van der Waals surface area contributed by atoms with Crippen molar-refractivity contribution < 1.29 is 9.53 Å². The molecule has 110 valence electrons. The molecule has 2 aromatic rings. The predicted octanol–water partition coefficient (Wildman–Crippen LogP) is 3.17. The van der Waals surface area contributed by atoms with Crippen molar-refractivity contribution in [3.63, 3.8) is 0 Å². The predicted molar refractivity (Wildman–Crippen MR) is 82.3 cm³/mol. The molecule has 0 fully saturated rings. The van der Waals surface area contributed by atoms with E-state index in [9.17, 15) is 9.59 Å². The number of carbonyl (C=O) groups is 1. The molecule has 2 rings (SSSR count). The summed E-state index contributed by atoms with van der Waals surface area (Å²) in [6.45, 7) is 5.46. The van der Waals surface area contributed by atoms with Gasteiger partial charge in [0.2, 0.25) is 0 Å². The second kappa shape index (κ2) is 6.39. The van der Waals surface area contributed by atoms with Crippen molar-refractivity contribution in [2.45, 2.75) is 27.2 Å². The lowest BCUT2D eigenvalue weighted by atomic mass is 10.0. The highest BCUT2D eigenvalue weighted by molar-refractivity contribution is 5.76. The minimum absolute atomic E-state index is 0.240. The summed E-state index contributed by atoms with van der Waals surface area (Å²) in [4.78, 5) is 26.6. The fraction of sp³-hybridized carbons (Fsp3) is 0.294. The SMILES string of the molecule is CC(=O)Oc1cc(CC(C)C)[nH]c(=O)c1-c1ccccc1. The molecule has 0 atom stereocenters. The Hall–Kier alpha value is -2.36. The van der Waals surface area contributed by atoms with Gasteiger partial charge in [-0.25, -0.2) is 0 Å². The van der Waals surface area contributed by atoms with Crippen molar-refractivity contribution in [3.8, 4) is 16.9 Å². The lowest BCUT2D eigenvalue weighted by Gasteiger charge is -2.12. The molecule has 0 spiro atoms. The number of hydrogen-bond donors (Lipinski definition) is 1. The first-order valence-electron chi connectivity index (χ1n) is 6.97.